The van der Waals surface area contributed by atoms with Gasteiger partial charge in [0.1, 0.15) is 0 Å². The standard InChI is InChI=1S/C20H19N3O2S2/c1-3-15-6-4-5-7-19(15)27(24,25)22-17-10-8-16(9-11-17)18-12-23-14(2)13-26-20(23)21-18/h4-13,22H,3H2,1-2H3. The third-order valence-corrected chi connectivity index (χ3v) is 6.90. The van der Waals surface area contributed by atoms with Crippen molar-refractivity contribution in [3.8, 4) is 11.3 Å². The topological polar surface area (TPSA) is 63.5 Å². The molecule has 4 aromatic rings. The summed E-state index contributed by atoms with van der Waals surface area (Å²) in [5.41, 5.74) is 4.29. The lowest BCUT2D eigenvalue weighted by Gasteiger charge is -2.11. The Morgan fingerprint density at radius 2 is 1.85 bits per heavy atom. The van der Waals surface area contributed by atoms with Crippen molar-refractivity contribution >= 4 is 32.0 Å². The number of benzene rings is 2. The molecule has 0 fully saturated rings. The number of sulfonamides is 1. The molecule has 2 heterocycles. The molecule has 5 nitrogen and oxygen atoms in total. The summed E-state index contributed by atoms with van der Waals surface area (Å²) < 4.78 is 30.2. The first-order valence-corrected chi connectivity index (χ1v) is 11.0. The summed E-state index contributed by atoms with van der Waals surface area (Å²) in [6.07, 6.45) is 2.66. The second-order valence-electron chi connectivity index (χ2n) is 6.30. The van der Waals surface area contributed by atoms with E-state index in [9.17, 15) is 8.42 Å². The van der Waals surface area contributed by atoms with Crippen LogP contribution in [0.15, 0.2) is 65.0 Å². The summed E-state index contributed by atoms with van der Waals surface area (Å²) in [5.74, 6) is 0. The molecule has 0 aliphatic heterocycles. The average molecular weight is 398 g/mol. The van der Waals surface area contributed by atoms with Crippen molar-refractivity contribution in [3.05, 3.63) is 71.4 Å². The van der Waals surface area contributed by atoms with Gasteiger partial charge in [0.05, 0.1) is 10.6 Å². The Labute approximate surface area is 162 Å². The van der Waals surface area contributed by atoms with Crippen molar-refractivity contribution < 1.29 is 8.42 Å². The first-order valence-electron chi connectivity index (χ1n) is 8.62. The molecule has 0 atom stereocenters. The molecule has 0 unspecified atom stereocenters. The SMILES string of the molecule is CCc1ccccc1S(=O)(=O)Nc1ccc(-c2cn3c(C)csc3n2)cc1. The van der Waals surface area contributed by atoms with Crippen LogP contribution < -0.4 is 4.72 Å². The van der Waals surface area contributed by atoms with Crippen LogP contribution in [-0.4, -0.2) is 17.8 Å². The Hall–Kier alpha value is -2.64. The predicted molar refractivity (Wildman–Crippen MR) is 110 cm³/mol. The Morgan fingerprint density at radius 1 is 1.11 bits per heavy atom. The number of fused-ring (bicyclic) bond motifs is 1. The van der Waals surface area contributed by atoms with Gasteiger partial charge in [0.15, 0.2) is 4.96 Å². The molecule has 0 aliphatic rings. The Morgan fingerprint density at radius 3 is 2.56 bits per heavy atom. The number of imidazole rings is 1. The minimum Gasteiger partial charge on any atom is -0.294 e. The van der Waals surface area contributed by atoms with Gasteiger partial charge in [0.25, 0.3) is 10.0 Å². The second kappa shape index (κ2) is 6.83. The largest absolute Gasteiger partial charge is 0.294 e. The van der Waals surface area contributed by atoms with Crippen molar-refractivity contribution in [3.63, 3.8) is 0 Å². The van der Waals surface area contributed by atoms with Crippen LogP contribution >= 0.6 is 11.3 Å². The summed E-state index contributed by atoms with van der Waals surface area (Å²) >= 11 is 1.60. The first-order chi connectivity index (χ1) is 13.0. The van der Waals surface area contributed by atoms with Crippen LogP contribution in [0.1, 0.15) is 18.2 Å². The fourth-order valence-corrected chi connectivity index (χ4v) is 5.23. The Kier molecular flexibility index (Phi) is 4.49. The minimum atomic E-state index is -3.62. The van der Waals surface area contributed by atoms with Crippen LogP contribution in [0.5, 0.6) is 0 Å². The maximum Gasteiger partial charge on any atom is 0.262 e. The van der Waals surface area contributed by atoms with Gasteiger partial charge < -0.3 is 0 Å². The number of anilines is 1. The van der Waals surface area contributed by atoms with Crippen LogP contribution in [-0.2, 0) is 16.4 Å². The van der Waals surface area contributed by atoms with Crippen molar-refractivity contribution in [1.82, 2.24) is 9.38 Å². The van der Waals surface area contributed by atoms with Gasteiger partial charge >= 0.3 is 0 Å². The molecule has 0 bridgehead atoms. The molecule has 0 radical (unpaired) electrons. The number of rotatable bonds is 5. The smallest absolute Gasteiger partial charge is 0.262 e. The van der Waals surface area contributed by atoms with Gasteiger partial charge in [0.2, 0.25) is 0 Å². The van der Waals surface area contributed by atoms with Crippen LogP contribution in [0, 0.1) is 6.92 Å². The number of aryl methyl sites for hydroxylation is 2. The van der Waals surface area contributed by atoms with E-state index in [1.54, 1.807) is 35.6 Å². The van der Waals surface area contributed by atoms with E-state index in [1.165, 1.54) is 0 Å². The predicted octanol–water partition coefficient (Wildman–Crippen LogP) is 4.73. The molecular weight excluding hydrogens is 378 g/mol. The molecule has 2 aromatic heterocycles. The summed E-state index contributed by atoms with van der Waals surface area (Å²) in [6.45, 7) is 3.99. The van der Waals surface area contributed by atoms with Gasteiger partial charge in [0, 0.05) is 28.5 Å². The Bertz CT molecular complexity index is 1210. The summed E-state index contributed by atoms with van der Waals surface area (Å²) in [5, 5.41) is 2.07. The summed E-state index contributed by atoms with van der Waals surface area (Å²) in [7, 11) is -3.62. The number of hydrogen-bond donors (Lipinski definition) is 1. The molecule has 0 saturated heterocycles. The highest BCUT2D eigenvalue weighted by molar-refractivity contribution is 7.92. The normalized spacial score (nSPS) is 11.8. The number of nitrogens with zero attached hydrogens (tertiary/aromatic N) is 2. The Balaban J connectivity index is 1.60. The molecule has 0 amide bonds. The fourth-order valence-electron chi connectivity index (χ4n) is 3.01. The zero-order valence-electron chi connectivity index (χ0n) is 15.0. The molecule has 4 rings (SSSR count). The van der Waals surface area contributed by atoms with Crippen molar-refractivity contribution in [2.45, 2.75) is 25.2 Å². The zero-order chi connectivity index (χ0) is 19.0. The number of nitrogens with one attached hydrogen (secondary N) is 1. The van der Waals surface area contributed by atoms with E-state index < -0.39 is 10.0 Å². The summed E-state index contributed by atoms with van der Waals surface area (Å²) in [4.78, 5) is 5.89. The second-order valence-corrected chi connectivity index (χ2v) is 8.79. The van der Waals surface area contributed by atoms with Gasteiger partial charge in [-0.15, -0.1) is 11.3 Å². The third kappa shape index (κ3) is 3.36. The maximum atomic E-state index is 12.7. The molecule has 0 spiro atoms. The minimum absolute atomic E-state index is 0.321. The van der Waals surface area contributed by atoms with Crippen molar-refractivity contribution in [2.24, 2.45) is 0 Å². The van der Waals surface area contributed by atoms with E-state index in [0.29, 0.717) is 17.0 Å². The van der Waals surface area contributed by atoms with Gasteiger partial charge in [-0.1, -0.05) is 37.3 Å². The van der Waals surface area contributed by atoms with E-state index >= 15 is 0 Å². The van der Waals surface area contributed by atoms with Crippen molar-refractivity contribution in [1.29, 1.82) is 0 Å². The van der Waals surface area contributed by atoms with Gasteiger partial charge in [-0.3, -0.25) is 9.12 Å². The molecular formula is C20H19N3O2S2. The lowest BCUT2D eigenvalue weighted by Crippen LogP contribution is -2.14. The highest BCUT2D eigenvalue weighted by atomic mass is 32.2. The van der Waals surface area contributed by atoms with E-state index in [2.05, 4.69) is 19.5 Å². The number of thiazole rings is 1. The maximum absolute atomic E-state index is 12.7. The van der Waals surface area contributed by atoms with Gasteiger partial charge in [-0.2, -0.15) is 0 Å². The number of hydrogen-bond acceptors (Lipinski definition) is 4. The molecule has 138 valence electrons. The molecule has 2 aromatic carbocycles. The van der Waals surface area contributed by atoms with Gasteiger partial charge in [-0.05, 0) is 37.1 Å². The van der Waals surface area contributed by atoms with Crippen LogP contribution in [0.4, 0.5) is 5.69 Å². The highest BCUT2D eigenvalue weighted by Crippen LogP contribution is 2.26. The highest BCUT2D eigenvalue weighted by Gasteiger charge is 2.17. The van der Waals surface area contributed by atoms with Crippen LogP contribution in [0.3, 0.4) is 0 Å². The average Bonchev–Trinajstić information content (AvgIpc) is 3.24. The summed E-state index contributed by atoms with van der Waals surface area (Å²) in [6, 6.07) is 14.4. The lowest BCUT2D eigenvalue weighted by atomic mass is 10.1. The van der Waals surface area contributed by atoms with E-state index in [1.807, 2.05) is 44.3 Å². The van der Waals surface area contributed by atoms with Crippen LogP contribution in [0.25, 0.3) is 16.2 Å². The quantitative estimate of drug-likeness (QED) is 0.529. The van der Waals surface area contributed by atoms with E-state index in [4.69, 9.17) is 0 Å². The van der Waals surface area contributed by atoms with E-state index in [-0.39, 0.29) is 0 Å². The molecule has 0 aliphatic carbocycles. The van der Waals surface area contributed by atoms with Gasteiger partial charge in [-0.25, -0.2) is 13.4 Å². The zero-order valence-corrected chi connectivity index (χ0v) is 16.6. The first kappa shape index (κ1) is 17.8. The monoisotopic (exact) mass is 397 g/mol. The molecule has 0 saturated carbocycles. The number of aromatic nitrogens is 2. The molecule has 1 N–H and O–H groups in total. The fraction of sp³-hybridized carbons (Fsp3) is 0.150. The molecule has 27 heavy (non-hydrogen) atoms. The van der Waals surface area contributed by atoms with E-state index in [0.717, 1.165) is 27.5 Å². The van der Waals surface area contributed by atoms with Crippen molar-refractivity contribution in [2.75, 3.05) is 4.72 Å². The van der Waals surface area contributed by atoms with Crippen LogP contribution in [0.2, 0.25) is 0 Å². The molecule has 7 heteroatoms. The third-order valence-electron chi connectivity index (χ3n) is 4.46. The lowest BCUT2D eigenvalue weighted by molar-refractivity contribution is 0.600.